The summed E-state index contributed by atoms with van der Waals surface area (Å²) < 4.78 is 4.94. The van der Waals surface area contributed by atoms with E-state index >= 15 is 0 Å². The van der Waals surface area contributed by atoms with Crippen molar-refractivity contribution in [2.75, 3.05) is 19.7 Å². The number of carbonyl (C=O) groups excluding carboxylic acids is 1. The van der Waals surface area contributed by atoms with Gasteiger partial charge in [-0.15, -0.1) is 0 Å². The molecule has 1 saturated carbocycles. The van der Waals surface area contributed by atoms with E-state index in [1.165, 1.54) is 38.6 Å². The first kappa shape index (κ1) is 13.8. The van der Waals surface area contributed by atoms with E-state index in [0.717, 1.165) is 12.5 Å². The maximum absolute atomic E-state index is 11.3. The van der Waals surface area contributed by atoms with Gasteiger partial charge in [0.25, 0.3) is 0 Å². The Bertz CT molecular complexity index is 265. The Balaban J connectivity index is 1.69. The van der Waals surface area contributed by atoms with Gasteiger partial charge in [-0.1, -0.05) is 6.42 Å². The van der Waals surface area contributed by atoms with Crippen LogP contribution in [-0.4, -0.2) is 37.7 Å². The predicted molar refractivity (Wildman–Crippen MR) is 71.4 cm³/mol. The quantitative estimate of drug-likeness (QED) is 0.704. The predicted octanol–water partition coefficient (Wildman–Crippen LogP) is 1.45. The molecular weight excluding hydrogens is 228 g/mol. The molecule has 0 bridgehead atoms. The summed E-state index contributed by atoms with van der Waals surface area (Å²) in [5.74, 6) is 0.674. The van der Waals surface area contributed by atoms with Gasteiger partial charge in [-0.3, -0.25) is 4.79 Å². The highest BCUT2D eigenvalue weighted by Crippen LogP contribution is 2.31. The van der Waals surface area contributed by atoms with Crippen molar-refractivity contribution in [3.8, 4) is 0 Å². The highest BCUT2D eigenvalue weighted by atomic mass is 16.5. The molecule has 4 nitrogen and oxygen atoms in total. The van der Waals surface area contributed by atoms with Gasteiger partial charge < -0.3 is 15.4 Å². The van der Waals surface area contributed by atoms with Gasteiger partial charge in [-0.25, -0.2) is 0 Å². The molecule has 2 N–H and O–H groups in total. The van der Waals surface area contributed by atoms with Crippen LogP contribution in [0.5, 0.6) is 0 Å². The Kier molecular flexibility index (Phi) is 5.45. The second-order valence-electron chi connectivity index (χ2n) is 5.41. The van der Waals surface area contributed by atoms with Crippen molar-refractivity contribution in [3.05, 3.63) is 0 Å². The summed E-state index contributed by atoms with van der Waals surface area (Å²) in [6.45, 7) is 4.27. The van der Waals surface area contributed by atoms with Crippen molar-refractivity contribution in [3.63, 3.8) is 0 Å². The number of carbonyl (C=O) groups is 1. The van der Waals surface area contributed by atoms with Crippen LogP contribution in [0.25, 0.3) is 0 Å². The lowest BCUT2D eigenvalue weighted by atomic mass is 9.93. The third kappa shape index (κ3) is 3.69. The first-order valence-electron chi connectivity index (χ1n) is 7.43. The Morgan fingerprint density at radius 3 is 2.94 bits per heavy atom. The van der Waals surface area contributed by atoms with Gasteiger partial charge in [0.15, 0.2) is 0 Å². The fourth-order valence-electron chi connectivity index (χ4n) is 3.39. The highest BCUT2D eigenvalue weighted by molar-refractivity contribution is 5.69. The van der Waals surface area contributed by atoms with E-state index in [2.05, 4.69) is 10.6 Å². The first-order chi connectivity index (χ1) is 8.81. The number of ether oxygens (including phenoxy) is 1. The van der Waals surface area contributed by atoms with Crippen LogP contribution >= 0.6 is 0 Å². The van der Waals surface area contributed by atoms with Crippen molar-refractivity contribution in [1.29, 1.82) is 0 Å². The molecule has 104 valence electrons. The lowest BCUT2D eigenvalue weighted by Gasteiger charge is -2.26. The van der Waals surface area contributed by atoms with E-state index in [1.54, 1.807) is 0 Å². The summed E-state index contributed by atoms with van der Waals surface area (Å²) in [6.07, 6.45) is 7.03. The Hall–Kier alpha value is -0.610. The van der Waals surface area contributed by atoms with E-state index in [4.69, 9.17) is 4.74 Å². The molecule has 0 aromatic heterocycles. The van der Waals surface area contributed by atoms with Crippen LogP contribution in [0.3, 0.4) is 0 Å². The zero-order valence-electron chi connectivity index (χ0n) is 11.4. The molecule has 1 aliphatic carbocycles. The Labute approximate surface area is 110 Å². The number of hydrogen-bond acceptors (Lipinski definition) is 4. The topological polar surface area (TPSA) is 50.4 Å². The van der Waals surface area contributed by atoms with E-state index in [0.29, 0.717) is 25.1 Å². The van der Waals surface area contributed by atoms with Gasteiger partial charge in [0.1, 0.15) is 0 Å². The van der Waals surface area contributed by atoms with Gasteiger partial charge >= 0.3 is 5.97 Å². The molecule has 0 aromatic carbocycles. The van der Waals surface area contributed by atoms with Crippen molar-refractivity contribution < 1.29 is 9.53 Å². The van der Waals surface area contributed by atoms with Crippen LogP contribution in [0.2, 0.25) is 0 Å². The van der Waals surface area contributed by atoms with Crippen molar-refractivity contribution in [1.82, 2.24) is 10.6 Å². The molecule has 2 fully saturated rings. The monoisotopic (exact) mass is 254 g/mol. The zero-order chi connectivity index (χ0) is 12.8. The van der Waals surface area contributed by atoms with Gasteiger partial charge in [0.05, 0.1) is 13.0 Å². The van der Waals surface area contributed by atoms with E-state index in [1.807, 2.05) is 6.92 Å². The molecule has 1 saturated heterocycles. The van der Waals surface area contributed by atoms with Gasteiger partial charge in [-0.2, -0.15) is 0 Å². The van der Waals surface area contributed by atoms with Crippen LogP contribution < -0.4 is 10.6 Å². The van der Waals surface area contributed by atoms with Crippen LogP contribution in [0, 0.1) is 5.92 Å². The molecule has 3 unspecified atom stereocenters. The molecule has 3 atom stereocenters. The van der Waals surface area contributed by atoms with E-state index in [9.17, 15) is 4.79 Å². The third-order valence-corrected chi connectivity index (χ3v) is 4.23. The standard InChI is InChI=1S/C14H26N2O2/c1-2-18-14(17)8-10-16-12-6-3-5-11(12)13-7-4-9-15-13/h11-13,15-16H,2-10H2,1H3. The maximum atomic E-state index is 11.3. The molecule has 18 heavy (non-hydrogen) atoms. The normalized spacial score (nSPS) is 31.7. The average molecular weight is 254 g/mol. The number of rotatable bonds is 6. The largest absolute Gasteiger partial charge is 0.466 e. The van der Waals surface area contributed by atoms with Gasteiger partial charge in [0.2, 0.25) is 0 Å². The fraction of sp³-hybridized carbons (Fsp3) is 0.929. The maximum Gasteiger partial charge on any atom is 0.307 e. The number of esters is 1. The number of hydrogen-bond donors (Lipinski definition) is 2. The van der Waals surface area contributed by atoms with E-state index in [-0.39, 0.29) is 5.97 Å². The lowest BCUT2D eigenvalue weighted by molar-refractivity contribution is -0.143. The molecular formula is C14H26N2O2. The highest BCUT2D eigenvalue weighted by Gasteiger charge is 2.34. The summed E-state index contributed by atoms with van der Waals surface area (Å²) in [5, 5.41) is 7.17. The summed E-state index contributed by atoms with van der Waals surface area (Å²) in [6, 6.07) is 1.29. The summed E-state index contributed by atoms with van der Waals surface area (Å²) in [4.78, 5) is 11.3. The molecule has 1 heterocycles. The van der Waals surface area contributed by atoms with Crippen molar-refractivity contribution in [2.45, 2.75) is 57.5 Å². The molecule has 0 amide bonds. The molecule has 2 aliphatic rings. The smallest absolute Gasteiger partial charge is 0.307 e. The van der Waals surface area contributed by atoms with Gasteiger partial charge in [0, 0.05) is 18.6 Å². The van der Waals surface area contributed by atoms with E-state index < -0.39 is 0 Å². The second kappa shape index (κ2) is 7.10. The van der Waals surface area contributed by atoms with Crippen LogP contribution in [0.4, 0.5) is 0 Å². The minimum absolute atomic E-state index is 0.0847. The van der Waals surface area contributed by atoms with Crippen molar-refractivity contribution in [2.24, 2.45) is 5.92 Å². The average Bonchev–Trinajstić information content (AvgIpc) is 2.98. The van der Waals surface area contributed by atoms with Crippen molar-refractivity contribution >= 4 is 5.97 Å². The Morgan fingerprint density at radius 1 is 1.33 bits per heavy atom. The minimum atomic E-state index is -0.0847. The summed E-state index contributed by atoms with van der Waals surface area (Å²) in [7, 11) is 0. The second-order valence-corrected chi connectivity index (χ2v) is 5.41. The molecule has 0 radical (unpaired) electrons. The SMILES string of the molecule is CCOC(=O)CCNC1CCCC1C1CCCN1. The lowest BCUT2D eigenvalue weighted by Crippen LogP contribution is -2.42. The summed E-state index contributed by atoms with van der Waals surface area (Å²) >= 11 is 0. The third-order valence-electron chi connectivity index (χ3n) is 4.23. The molecule has 2 rings (SSSR count). The van der Waals surface area contributed by atoms with Gasteiger partial charge in [-0.05, 0) is 45.1 Å². The number of nitrogens with one attached hydrogen (secondary N) is 2. The molecule has 0 spiro atoms. The fourth-order valence-corrected chi connectivity index (χ4v) is 3.39. The first-order valence-corrected chi connectivity index (χ1v) is 7.43. The Morgan fingerprint density at radius 2 is 2.22 bits per heavy atom. The summed E-state index contributed by atoms with van der Waals surface area (Å²) in [5.41, 5.74) is 0. The minimum Gasteiger partial charge on any atom is -0.466 e. The molecule has 4 heteroatoms. The van der Waals surface area contributed by atoms with Crippen LogP contribution in [-0.2, 0) is 9.53 Å². The van der Waals surface area contributed by atoms with Crippen LogP contribution in [0.1, 0.15) is 45.4 Å². The molecule has 0 aromatic rings. The zero-order valence-corrected chi connectivity index (χ0v) is 11.4. The van der Waals surface area contributed by atoms with Crippen LogP contribution in [0.15, 0.2) is 0 Å². The molecule has 1 aliphatic heterocycles.